The van der Waals surface area contributed by atoms with Crippen molar-refractivity contribution in [1.29, 1.82) is 0 Å². The first kappa shape index (κ1) is 14.7. The molecule has 0 aliphatic rings. The lowest BCUT2D eigenvalue weighted by atomic mass is 10.2. The summed E-state index contributed by atoms with van der Waals surface area (Å²) in [5, 5.41) is 8.13. The van der Waals surface area contributed by atoms with Gasteiger partial charge in [-0.05, 0) is 32.0 Å². The third-order valence-corrected chi connectivity index (χ3v) is 3.11. The van der Waals surface area contributed by atoms with Crippen LogP contribution in [0.5, 0.6) is 0 Å². The Balaban J connectivity index is 2.76. The number of ether oxygens (including phenoxy) is 1. The molecule has 6 nitrogen and oxygen atoms in total. The van der Waals surface area contributed by atoms with E-state index in [2.05, 4.69) is 10.0 Å². The SMILES string of the molecule is COC(C)C(C)Nc1cccc(NS(N)(=O)=O)c1. The molecule has 2 atom stereocenters. The van der Waals surface area contributed by atoms with E-state index >= 15 is 0 Å². The minimum Gasteiger partial charge on any atom is -0.380 e. The fraction of sp³-hybridized carbons (Fsp3) is 0.455. The molecule has 0 aliphatic carbocycles. The fourth-order valence-corrected chi connectivity index (χ4v) is 1.88. The molecule has 0 saturated carbocycles. The van der Waals surface area contributed by atoms with E-state index in [9.17, 15) is 8.42 Å². The zero-order valence-electron chi connectivity index (χ0n) is 10.7. The normalized spacial score (nSPS) is 14.9. The highest BCUT2D eigenvalue weighted by Crippen LogP contribution is 2.17. The van der Waals surface area contributed by atoms with Crippen LogP contribution >= 0.6 is 0 Å². The molecule has 0 spiro atoms. The summed E-state index contributed by atoms with van der Waals surface area (Å²) in [4.78, 5) is 0. The first-order valence-electron chi connectivity index (χ1n) is 5.52. The maximum atomic E-state index is 10.9. The number of hydrogen-bond acceptors (Lipinski definition) is 4. The minimum absolute atomic E-state index is 0.0415. The number of benzene rings is 1. The molecule has 7 heteroatoms. The third kappa shape index (κ3) is 4.91. The van der Waals surface area contributed by atoms with Crippen molar-refractivity contribution in [3.8, 4) is 0 Å². The van der Waals surface area contributed by atoms with Crippen molar-refractivity contribution < 1.29 is 13.2 Å². The Hall–Kier alpha value is -1.31. The smallest absolute Gasteiger partial charge is 0.296 e. The van der Waals surface area contributed by atoms with E-state index in [0.29, 0.717) is 5.69 Å². The number of nitrogens with two attached hydrogens (primary N) is 1. The minimum atomic E-state index is -3.75. The summed E-state index contributed by atoms with van der Waals surface area (Å²) in [7, 11) is -2.11. The number of rotatable bonds is 6. The Kier molecular flexibility index (Phi) is 4.94. The van der Waals surface area contributed by atoms with Gasteiger partial charge in [0.25, 0.3) is 10.2 Å². The van der Waals surface area contributed by atoms with Crippen molar-refractivity contribution in [1.82, 2.24) is 0 Å². The van der Waals surface area contributed by atoms with Gasteiger partial charge in [0, 0.05) is 18.8 Å². The van der Waals surface area contributed by atoms with Crippen molar-refractivity contribution in [2.24, 2.45) is 5.14 Å². The van der Waals surface area contributed by atoms with Crippen molar-refractivity contribution in [2.75, 3.05) is 17.1 Å². The maximum Gasteiger partial charge on any atom is 0.296 e. The average Bonchev–Trinajstić information content (AvgIpc) is 2.26. The van der Waals surface area contributed by atoms with Gasteiger partial charge in [-0.1, -0.05) is 6.07 Å². The van der Waals surface area contributed by atoms with Gasteiger partial charge in [-0.3, -0.25) is 4.72 Å². The van der Waals surface area contributed by atoms with Gasteiger partial charge < -0.3 is 10.1 Å². The van der Waals surface area contributed by atoms with Gasteiger partial charge in [-0.25, -0.2) is 5.14 Å². The summed E-state index contributed by atoms with van der Waals surface area (Å²) < 4.78 is 29.2. The van der Waals surface area contributed by atoms with Gasteiger partial charge >= 0.3 is 0 Å². The zero-order chi connectivity index (χ0) is 13.8. The molecule has 0 amide bonds. The lowest BCUT2D eigenvalue weighted by molar-refractivity contribution is 0.106. The second kappa shape index (κ2) is 6.03. The molecular formula is C11H19N3O3S. The lowest BCUT2D eigenvalue weighted by Gasteiger charge is -2.21. The second-order valence-corrected chi connectivity index (χ2v) is 5.40. The van der Waals surface area contributed by atoms with Gasteiger partial charge in [0.1, 0.15) is 0 Å². The van der Waals surface area contributed by atoms with Gasteiger partial charge in [-0.15, -0.1) is 0 Å². The van der Waals surface area contributed by atoms with E-state index < -0.39 is 10.2 Å². The zero-order valence-corrected chi connectivity index (χ0v) is 11.5. The van der Waals surface area contributed by atoms with Crippen LogP contribution in [0.1, 0.15) is 13.8 Å². The number of methoxy groups -OCH3 is 1. The van der Waals surface area contributed by atoms with Crippen molar-refractivity contribution in [3.05, 3.63) is 24.3 Å². The summed E-state index contributed by atoms with van der Waals surface area (Å²) in [6.45, 7) is 3.93. The molecule has 1 aromatic carbocycles. The first-order chi connectivity index (χ1) is 8.31. The van der Waals surface area contributed by atoms with E-state index in [0.717, 1.165) is 5.69 Å². The van der Waals surface area contributed by atoms with Crippen LogP contribution in [-0.4, -0.2) is 27.7 Å². The molecule has 0 radical (unpaired) electrons. The van der Waals surface area contributed by atoms with E-state index in [1.165, 1.54) is 0 Å². The molecule has 0 heterocycles. The molecule has 0 aromatic heterocycles. The fourth-order valence-electron chi connectivity index (χ4n) is 1.42. The molecular weight excluding hydrogens is 254 g/mol. The van der Waals surface area contributed by atoms with Crippen molar-refractivity contribution in [3.63, 3.8) is 0 Å². The van der Waals surface area contributed by atoms with Crippen LogP contribution in [0.4, 0.5) is 11.4 Å². The lowest BCUT2D eigenvalue weighted by Crippen LogP contribution is -2.29. The van der Waals surface area contributed by atoms with Gasteiger partial charge in [0.05, 0.1) is 11.8 Å². The molecule has 0 aliphatic heterocycles. The standard InChI is InChI=1S/C11H19N3O3S/c1-8(9(2)17-3)13-10-5-4-6-11(7-10)14-18(12,15)16/h4-9,13-14H,1-3H3,(H2,12,15,16). The highest BCUT2D eigenvalue weighted by atomic mass is 32.2. The Morgan fingerprint density at radius 3 is 2.44 bits per heavy atom. The highest BCUT2D eigenvalue weighted by Gasteiger charge is 2.11. The first-order valence-corrected chi connectivity index (χ1v) is 7.06. The quantitative estimate of drug-likeness (QED) is 0.724. The van der Waals surface area contributed by atoms with E-state index in [-0.39, 0.29) is 12.1 Å². The molecule has 0 bridgehead atoms. The van der Waals surface area contributed by atoms with E-state index in [1.54, 1.807) is 25.3 Å². The molecule has 4 N–H and O–H groups in total. The molecule has 2 unspecified atom stereocenters. The molecule has 1 rings (SSSR count). The Bertz CT molecular complexity index is 490. The molecule has 102 valence electrons. The van der Waals surface area contributed by atoms with Crippen LogP contribution in [0.3, 0.4) is 0 Å². The van der Waals surface area contributed by atoms with E-state index in [4.69, 9.17) is 9.88 Å². The van der Waals surface area contributed by atoms with Crippen LogP contribution in [0, 0.1) is 0 Å². The van der Waals surface area contributed by atoms with Crippen LogP contribution in [0.2, 0.25) is 0 Å². The predicted octanol–water partition coefficient (Wildman–Crippen LogP) is 1.14. The topological polar surface area (TPSA) is 93.4 Å². The number of hydrogen-bond donors (Lipinski definition) is 3. The summed E-state index contributed by atoms with van der Waals surface area (Å²) in [6, 6.07) is 6.97. The number of nitrogens with one attached hydrogen (secondary N) is 2. The average molecular weight is 273 g/mol. The van der Waals surface area contributed by atoms with Crippen molar-refractivity contribution >= 4 is 21.6 Å². The predicted molar refractivity (Wildman–Crippen MR) is 72.7 cm³/mol. The maximum absolute atomic E-state index is 10.9. The molecule has 0 fully saturated rings. The number of anilines is 2. The molecule has 18 heavy (non-hydrogen) atoms. The largest absolute Gasteiger partial charge is 0.380 e. The third-order valence-electron chi connectivity index (χ3n) is 2.59. The summed E-state index contributed by atoms with van der Waals surface area (Å²) in [5.74, 6) is 0. The van der Waals surface area contributed by atoms with Gasteiger partial charge in [-0.2, -0.15) is 8.42 Å². The second-order valence-electron chi connectivity index (χ2n) is 4.10. The monoisotopic (exact) mass is 273 g/mol. The summed E-state index contributed by atoms with van der Waals surface area (Å²) >= 11 is 0. The molecule has 1 aromatic rings. The summed E-state index contributed by atoms with van der Waals surface area (Å²) in [6.07, 6.45) is 0.0415. The molecule has 0 saturated heterocycles. The van der Waals surface area contributed by atoms with Crippen LogP contribution in [0.25, 0.3) is 0 Å². The van der Waals surface area contributed by atoms with Crippen LogP contribution in [-0.2, 0) is 14.9 Å². The summed E-state index contributed by atoms with van der Waals surface area (Å²) in [5.41, 5.74) is 1.21. The highest BCUT2D eigenvalue weighted by molar-refractivity contribution is 7.90. The van der Waals surface area contributed by atoms with E-state index in [1.807, 2.05) is 19.9 Å². The van der Waals surface area contributed by atoms with Crippen LogP contribution in [0.15, 0.2) is 24.3 Å². The van der Waals surface area contributed by atoms with Gasteiger partial charge in [0.15, 0.2) is 0 Å². The Morgan fingerprint density at radius 2 is 1.89 bits per heavy atom. The van der Waals surface area contributed by atoms with Crippen molar-refractivity contribution in [2.45, 2.75) is 26.0 Å². The van der Waals surface area contributed by atoms with Gasteiger partial charge in [0.2, 0.25) is 0 Å². The van der Waals surface area contributed by atoms with Crippen LogP contribution < -0.4 is 15.2 Å². The Morgan fingerprint density at radius 1 is 1.28 bits per heavy atom. The Labute approximate surface area is 108 Å².